The van der Waals surface area contributed by atoms with E-state index in [0.717, 1.165) is 35.5 Å². The number of methoxy groups -OCH3 is 4. The maximum absolute atomic E-state index is 5.62. The predicted molar refractivity (Wildman–Crippen MR) is 104 cm³/mol. The minimum Gasteiger partial charge on any atom is -0.497 e. The van der Waals surface area contributed by atoms with Gasteiger partial charge in [0.25, 0.3) is 0 Å². The molecule has 0 radical (unpaired) electrons. The monoisotopic (exact) mass is 356 g/mol. The quantitative estimate of drug-likeness (QED) is 0.554. The molecule has 26 heavy (non-hydrogen) atoms. The summed E-state index contributed by atoms with van der Waals surface area (Å²) in [5.41, 5.74) is 2.27. The molecular weight excluding hydrogens is 328 g/mol. The number of benzene rings is 2. The zero-order valence-corrected chi connectivity index (χ0v) is 16.0. The van der Waals surface area contributed by atoms with Gasteiger partial charge in [-0.1, -0.05) is 36.4 Å². The van der Waals surface area contributed by atoms with Crippen LogP contribution >= 0.6 is 0 Å². The maximum Gasteiger partial charge on any atom is 0.118 e. The van der Waals surface area contributed by atoms with Gasteiger partial charge in [-0.15, -0.1) is 0 Å². The van der Waals surface area contributed by atoms with Crippen LogP contribution in [0.15, 0.2) is 60.7 Å². The molecule has 0 amide bonds. The van der Waals surface area contributed by atoms with Crippen LogP contribution in [0.3, 0.4) is 0 Å². The first-order chi connectivity index (χ1) is 12.7. The summed E-state index contributed by atoms with van der Waals surface area (Å²) in [6.45, 7) is 0. The molecule has 2 unspecified atom stereocenters. The smallest absolute Gasteiger partial charge is 0.118 e. The van der Waals surface area contributed by atoms with Crippen LogP contribution in [0.4, 0.5) is 0 Å². The number of hydrogen-bond donors (Lipinski definition) is 0. The molecule has 0 spiro atoms. The summed E-state index contributed by atoms with van der Waals surface area (Å²) in [5, 5.41) is 0. The second-order valence-corrected chi connectivity index (χ2v) is 5.94. The number of hydrogen-bond acceptors (Lipinski definition) is 4. The molecule has 4 nitrogen and oxygen atoms in total. The summed E-state index contributed by atoms with van der Waals surface area (Å²) in [4.78, 5) is 0. The minimum atomic E-state index is 0.0270. The van der Waals surface area contributed by atoms with Gasteiger partial charge in [-0.2, -0.15) is 0 Å². The molecule has 0 fully saturated rings. The first kappa shape index (κ1) is 20.0. The third-order valence-electron chi connectivity index (χ3n) is 4.41. The molecular formula is C22H28O4. The number of ether oxygens (including phenoxy) is 4. The van der Waals surface area contributed by atoms with Crippen LogP contribution in [-0.4, -0.2) is 28.4 Å². The van der Waals surface area contributed by atoms with Gasteiger partial charge in [-0.25, -0.2) is 0 Å². The summed E-state index contributed by atoms with van der Waals surface area (Å²) in [5.74, 6) is 1.70. The van der Waals surface area contributed by atoms with Crippen molar-refractivity contribution in [2.45, 2.75) is 25.0 Å². The summed E-state index contributed by atoms with van der Waals surface area (Å²) in [6, 6.07) is 16.0. The lowest BCUT2D eigenvalue weighted by atomic mass is 10.0. The molecule has 140 valence electrons. The Morgan fingerprint density at radius 3 is 1.23 bits per heavy atom. The summed E-state index contributed by atoms with van der Waals surface area (Å²) in [6.07, 6.45) is 5.96. The maximum atomic E-state index is 5.62. The lowest BCUT2D eigenvalue weighted by Crippen LogP contribution is -2.01. The van der Waals surface area contributed by atoms with E-state index < -0.39 is 0 Å². The van der Waals surface area contributed by atoms with Gasteiger partial charge in [-0.3, -0.25) is 0 Å². The van der Waals surface area contributed by atoms with Crippen molar-refractivity contribution in [3.8, 4) is 11.5 Å². The molecule has 0 saturated carbocycles. The van der Waals surface area contributed by atoms with Crippen LogP contribution in [0.5, 0.6) is 11.5 Å². The first-order valence-corrected chi connectivity index (χ1v) is 8.70. The SMILES string of the molecule is COc1ccc(C(CC=CCC(OC)c2ccc(OC)cc2)OC)cc1. The fourth-order valence-electron chi connectivity index (χ4n) is 2.81. The highest BCUT2D eigenvalue weighted by Gasteiger charge is 2.10. The summed E-state index contributed by atoms with van der Waals surface area (Å²) < 4.78 is 21.6. The molecule has 2 atom stereocenters. The Hall–Kier alpha value is -2.30. The average Bonchev–Trinajstić information content (AvgIpc) is 2.71. The Morgan fingerprint density at radius 1 is 0.615 bits per heavy atom. The normalized spacial score (nSPS) is 13.5. The molecule has 2 aromatic rings. The summed E-state index contributed by atoms with van der Waals surface area (Å²) in [7, 11) is 6.80. The van der Waals surface area contributed by atoms with E-state index in [1.54, 1.807) is 28.4 Å². The Labute approximate surface area is 156 Å². The van der Waals surface area contributed by atoms with E-state index in [9.17, 15) is 0 Å². The van der Waals surface area contributed by atoms with E-state index in [-0.39, 0.29) is 12.2 Å². The molecule has 0 N–H and O–H groups in total. The molecule has 2 rings (SSSR count). The Morgan fingerprint density at radius 2 is 0.962 bits per heavy atom. The van der Waals surface area contributed by atoms with Crippen molar-refractivity contribution < 1.29 is 18.9 Å². The van der Waals surface area contributed by atoms with Crippen molar-refractivity contribution >= 4 is 0 Å². The highest BCUT2D eigenvalue weighted by Crippen LogP contribution is 2.26. The van der Waals surface area contributed by atoms with Gasteiger partial charge in [0.05, 0.1) is 26.4 Å². The first-order valence-electron chi connectivity index (χ1n) is 8.70. The Bertz CT molecular complexity index is 602. The third-order valence-corrected chi connectivity index (χ3v) is 4.41. The van der Waals surface area contributed by atoms with E-state index in [1.165, 1.54) is 0 Å². The van der Waals surface area contributed by atoms with Crippen molar-refractivity contribution in [3.05, 3.63) is 71.8 Å². The lowest BCUT2D eigenvalue weighted by molar-refractivity contribution is 0.102. The fraction of sp³-hybridized carbons (Fsp3) is 0.364. The van der Waals surface area contributed by atoms with Crippen LogP contribution in [0.1, 0.15) is 36.2 Å². The van der Waals surface area contributed by atoms with Gasteiger partial charge < -0.3 is 18.9 Å². The Kier molecular flexibility index (Phi) is 8.19. The van der Waals surface area contributed by atoms with Gasteiger partial charge >= 0.3 is 0 Å². The van der Waals surface area contributed by atoms with Crippen LogP contribution in [0.25, 0.3) is 0 Å². The zero-order chi connectivity index (χ0) is 18.8. The van der Waals surface area contributed by atoms with E-state index in [1.807, 2.05) is 48.5 Å². The Balaban J connectivity index is 1.91. The van der Waals surface area contributed by atoms with Crippen LogP contribution < -0.4 is 9.47 Å². The fourth-order valence-corrected chi connectivity index (χ4v) is 2.81. The van der Waals surface area contributed by atoms with Crippen molar-refractivity contribution in [2.24, 2.45) is 0 Å². The van der Waals surface area contributed by atoms with Gasteiger partial charge in [0.15, 0.2) is 0 Å². The van der Waals surface area contributed by atoms with E-state index >= 15 is 0 Å². The molecule has 4 heteroatoms. The van der Waals surface area contributed by atoms with Crippen molar-refractivity contribution in [3.63, 3.8) is 0 Å². The topological polar surface area (TPSA) is 36.9 Å². The van der Waals surface area contributed by atoms with E-state index in [4.69, 9.17) is 18.9 Å². The van der Waals surface area contributed by atoms with Crippen molar-refractivity contribution in [1.29, 1.82) is 0 Å². The molecule has 2 aromatic carbocycles. The van der Waals surface area contributed by atoms with Crippen molar-refractivity contribution in [1.82, 2.24) is 0 Å². The highest BCUT2D eigenvalue weighted by atomic mass is 16.5. The second kappa shape index (κ2) is 10.6. The molecule has 0 saturated heterocycles. The van der Waals surface area contributed by atoms with E-state index in [0.29, 0.717) is 0 Å². The van der Waals surface area contributed by atoms with Crippen LogP contribution in [0, 0.1) is 0 Å². The highest BCUT2D eigenvalue weighted by molar-refractivity contribution is 5.30. The van der Waals surface area contributed by atoms with Crippen molar-refractivity contribution in [2.75, 3.05) is 28.4 Å². The second-order valence-electron chi connectivity index (χ2n) is 5.94. The molecule has 0 heterocycles. The van der Waals surface area contributed by atoms with Crippen LogP contribution in [0.2, 0.25) is 0 Å². The lowest BCUT2D eigenvalue weighted by Gasteiger charge is -2.15. The molecule has 0 bridgehead atoms. The minimum absolute atomic E-state index is 0.0270. The zero-order valence-electron chi connectivity index (χ0n) is 16.0. The van der Waals surface area contributed by atoms with Gasteiger partial charge in [0, 0.05) is 14.2 Å². The van der Waals surface area contributed by atoms with Gasteiger partial charge in [-0.05, 0) is 48.2 Å². The molecule has 0 aromatic heterocycles. The van der Waals surface area contributed by atoms with Gasteiger partial charge in [0.2, 0.25) is 0 Å². The largest absolute Gasteiger partial charge is 0.497 e. The molecule has 0 aliphatic carbocycles. The van der Waals surface area contributed by atoms with Gasteiger partial charge in [0.1, 0.15) is 11.5 Å². The summed E-state index contributed by atoms with van der Waals surface area (Å²) >= 11 is 0. The molecule has 0 aliphatic heterocycles. The number of rotatable bonds is 10. The average molecular weight is 356 g/mol. The third kappa shape index (κ3) is 5.61. The van der Waals surface area contributed by atoms with Crippen LogP contribution in [-0.2, 0) is 9.47 Å². The molecule has 0 aliphatic rings. The standard InChI is InChI=1S/C22H28O4/c1-23-19-13-9-17(10-14-19)21(25-3)7-5-6-8-22(26-4)18-11-15-20(24-2)16-12-18/h5-6,9-16,21-22H,7-8H2,1-4H3. The predicted octanol–water partition coefficient (Wildman–Crippen LogP) is 5.12. The van der Waals surface area contributed by atoms with E-state index in [2.05, 4.69) is 12.2 Å².